The van der Waals surface area contributed by atoms with E-state index in [1.807, 2.05) is 0 Å². The maximum atomic E-state index is 12.5. The summed E-state index contributed by atoms with van der Waals surface area (Å²) in [5.74, 6) is -0.500. The van der Waals surface area contributed by atoms with Gasteiger partial charge in [-0.1, -0.05) is 5.16 Å². The third-order valence-electron chi connectivity index (χ3n) is 1.00. The molecule has 4 heteroatoms. The molecule has 0 aliphatic rings. The van der Waals surface area contributed by atoms with Crippen molar-refractivity contribution in [2.45, 2.75) is 0 Å². The van der Waals surface area contributed by atoms with E-state index in [-0.39, 0.29) is 5.56 Å². The van der Waals surface area contributed by atoms with Gasteiger partial charge in [0, 0.05) is 11.8 Å². The van der Waals surface area contributed by atoms with Crippen LogP contribution in [0.1, 0.15) is 5.56 Å². The number of oxime groups is 1. The normalized spacial score (nSPS) is 10.5. The summed E-state index contributed by atoms with van der Waals surface area (Å²) in [7, 11) is 0. The van der Waals surface area contributed by atoms with Crippen molar-refractivity contribution in [1.29, 1.82) is 0 Å². The molecule has 52 valence electrons. The lowest BCUT2D eigenvalue weighted by Gasteiger charge is -1.90. The first-order chi connectivity index (χ1) is 4.84. The van der Waals surface area contributed by atoms with Gasteiger partial charge < -0.3 is 5.21 Å². The van der Waals surface area contributed by atoms with E-state index in [0.717, 1.165) is 12.4 Å². The molecule has 0 aliphatic heterocycles. The fourth-order valence-electron chi connectivity index (χ4n) is 0.553. The highest BCUT2D eigenvalue weighted by Gasteiger charge is 1.95. The third-order valence-corrected chi connectivity index (χ3v) is 1.00. The SMILES string of the molecule is O/N=C/c1ccncc1F. The van der Waals surface area contributed by atoms with Crippen molar-refractivity contribution in [2.24, 2.45) is 5.16 Å². The second kappa shape index (κ2) is 2.91. The van der Waals surface area contributed by atoms with E-state index in [2.05, 4.69) is 10.1 Å². The minimum Gasteiger partial charge on any atom is -0.411 e. The molecule has 0 atom stereocenters. The highest BCUT2D eigenvalue weighted by Crippen LogP contribution is 1.99. The molecule has 0 saturated carbocycles. The summed E-state index contributed by atoms with van der Waals surface area (Å²) in [5, 5.41) is 10.7. The molecule has 1 aromatic heterocycles. The van der Waals surface area contributed by atoms with E-state index in [1.54, 1.807) is 0 Å². The topological polar surface area (TPSA) is 45.5 Å². The lowest BCUT2D eigenvalue weighted by atomic mass is 10.3. The monoisotopic (exact) mass is 140 g/mol. The van der Waals surface area contributed by atoms with Crippen molar-refractivity contribution in [3.8, 4) is 0 Å². The largest absolute Gasteiger partial charge is 0.411 e. The standard InChI is InChI=1S/C6H5FN2O/c7-6-4-8-2-1-5(6)3-9-10/h1-4,10H/b9-3+. The van der Waals surface area contributed by atoms with Crippen molar-refractivity contribution in [2.75, 3.05) is 0 Å². The van der Waals surface area contributed by atoms with Gasteiger partial charge in [-0.25, -0.2) is 4.39 Å². The Morgan fingerprint density at radius 3 is 3.10 bits per heavy atom. The molecule has 0 saturated heterocycles. The summed E-state index contributed by atoms with van der Waals surface area (Å²) < 4.78 is 12.5. The van der Waals surface area contributed by atoms with Gasteiger partial charge >= 0.3 is 0 Å². The maximum absolute atomic E-state index is 12.5. The quantitative estimate of drug-likeness (QED) is 0.359. The molecule has 0 spiro atoms. The van der Waals surface area contributed by atoms with Gasteiger partial charge in [-0.15, -0.1) is 0 Å². The number of halogens is 1. The Bertz CT molecular complexity index is 249. The molecular weight excluding hydrogens is 135 g/mol. The van der Waals surface area contributed by atoms with E-state index < -0.39 is 5.82 Å². The van der Waals surface area contributed by atoms with Crippen molar-refractivity contribution in [3.63, 3.8) is 0 Å². The molecule has 0 bridgehead atoms. The number of rotatable bonds is 1. The number of pyridine rings is 1. The Morgan fingerprint density at radius 2 is 2.50 bits per heavy atom. The van der Waals surface area contributed by atoms with E-state index in [4.69, 9.17) is 5.21 Å². The Morgan fingerprint density at radius 1 is 1.70 bits per heavy atom. The lowest BCUT2D eigenvalue weighted by Crippen LogP contribution is -1.87. The molecule has 1 heterocycles. The average molecular weight is 140 g/mol. The number of nitrogens with zero attached hydrogens (tertiary/aromatic N) is 2. The summed E-state index contributed by atoms with van der Waals surface area (Å²) in [6, 6.07) is 1.41. The van der Waals surface area contributed by atoms with Crippen LogP contribution in [0, 0.1) is 5.82 Å². The van der Waals surface area contributed by atoms with Crippen LogP contribution in [0.3, 0.4) is 0 Å². The van der Waals surface area contributed by atoms with Crippen LogP contribution in [0.4, 0.5) is 4.39 Å². The maximum Gasteiger partial charge on any atom is 0.150 e. The number of aromatic nitrogens is 1. The van der Waals surface area contributed by atoms with Crippen molar-refractivity contribution in [1.82, 2.24) is 4.98 Å². The molecule has 3 nitrogen and oxygen atoms in total. The second-order valence-electron chi connectivity index (χ2n) is 1.64. The zero-order valence-corrected chi connectivity index (χ0v) is 5.03. The summed E-state index contributed by atoms with van der Waals surface area (Å²) in [6.07, 6.45) is 3.48. The Labute approximate surface area is 56.8 Å². The summed E-state index contributed by atoms with van der Waals surface area (Å²) in [6.45, 7) is 0. The third kappa shape index (κ3) is 1.28. The van der Waals surface area contributed by atoms with Gasteiger partial charge in [0.2, 0.25) is 0 Å². The molecular formula is C6H5FN2O. The highest BCUT2D eigenvalue weighted by atomic mass is 19.1. The Kier molecular flexibility index (Phi) is 1.94. The summed E-state index contributed by atoms with van der Waals surface area (Å²) in [5.41, 5.74) is 0.220. The van der Waals surface area contributed by atoms with Crippen molar-refractivity contribution < 1.29 is 9.60 Å². The molecule has 0 unspecified atom stereocenters. The average Bonchev–Trinajstić information content (AvgIpc) is 1.94. The van der Waals surface area contributed by atoms with Crippen LogP contribution < -0.4 is 0 Å². The smallest absolute Gasteiger partial charge is 0.150 e. The zero-order chi connectivity index (χ0) is 7.40. The molecule has 0 aromatic carbocycles. The minimum atomic E-state index is -0.500. The molecule has 0 fully saturated rings. The van der Waals surface area contributed by atoms with Crippen LogP contribution in [0.5, 0.6) is 0 Å². The van der Waals surface area contributed by atoms with E-state index in [1.165, 1.54) is 12.3 Å². The van der Waals surface area contributed by atoms with Gasteiger partial charge in [0.15, 0.2) is 0 Å². The van der Waals surface area contributed by atoms with E-state index in [9.17, 15) is 4.39 Å². The first-order valence-electron chi connectivity index (χ1n) is 2.61. The van der Waals surface area contributed by atoms with Crippen LogP contribution in [0.25, 0.3) is 0 Å². The predicted molar refractivity (Wildman–Crippen MR) is 33.6 cm³/mol. The van der Waals surface area contributed by atoms with Crippen LogP contribution in [-0.4, -0.2) is 16.4 Å². The molecule has 1 rings (SSSR count). The minimum absolute atomic E-state index is 0.220. The number of hydrogen-bond donors (Lipinski definition) is 1. The van der Waals surface area contributed by atoms with Gasteiger partial charge in [0.1, 0.15) is 5.82 Å². The number of hydrogen-bond acceptors (Lipinski definition) is 3. The van der Waals surface area contributed by atoms with Gasteiger partial charge in [-0.3, -0.25) is 4.98 Å². The van der Waals surface area contributed by atoms with Crippen molar-refractivity contribution >= 4 is 6.21 Å². The molecule has 1 N–H and O–H groups in total. The van der Waals surface area contributed by atoms with Crippen LogP contribution in [0.15, 0.2) is 23.6 Å². The van der Waals surface area contributed by atoms with Crippen LogP contribution in [-0.2, 0) is 0 Å². The molecule has 0 aliphatic carbocycles. The fraction of sp³-hybridized carbons (Fsp3) is 0. The summed E-state index contributed by atoms with van der Waals surface area (Å²) >= 11 is 0. The van der Waals surface area contributed by atoms with E-state index >= 15 is 0 Å². The molecule has 0 amide bonds. The lowest BCUT2D eigenvalue weighted by molar-refractivity contribution is 0.321. The Hall–Kier alpha value is -1.45. The molecule has 0 radical (unpaired) electrons. The predicted octanol–water partition coefficient (Wildman–Crippen LogP) is 1.03. The second-order valence-corrected chi connectivity index (χ2v) is 1.64. The summed E-state index contributed by atoms with van der Waals surface area (Å²) in [4.78, 5) is 3.51. The van der Waals surface area contributed by atoms with Crippen LogP contribution in [0.2, 0.25) is 0 Å². The first kappa shape index (κ1) is 6.67. The van der Waals surface area contributed by atoms with Gasteiger partial charge in [0.25, 0.3) is 0 Å². The van der Waals surface area contributed by atoms with E-state index in [0.29, 0.717) is 0 Å². The molecule has 1 aromatic rings. The van der Waals surface area contributed by atoms with Gasteiger partial charge in [-0.05, 0) is 6.07 Å². The van der Waals surface area contributed by atoms with Gasteiger partial charge in [0.05, 0.1) is 12.4 Å². The fourth-order valence-corrected chi connectivity index (χ4v) is 0.553. The first-order valence-corrected chi connectivity index (χ1v) is 2.61. The van der Waals surface area contributed by atoms with Gasteiger partial charge in [-0.2, -0.15) is 0 Å². The Balaban J connectivity index is 3.03. The molecule has 10 heavy (non-hydrogen) atoms. The van der Waals surface area contributed by atoms with Crippen molar-refractivity contribution in [3.05, 3.63) is 29.8 Å². The zero-order valence-electron chi connectivity index (χ0n) is 5.03. The highest BCUT2D eigenvalue weighted by molar-refractivity contribution is 5.78. The van der Waals surface area contributed by atoms with Crippen LogP contribution >= 0.6 is 0 Å².